The number of benzene rings is 1. The second kappa shape index (κ2) is 8.45. The highest BCUT2D eigenvalue weighted by Crippen LogP contribution is 2.32. The van der Waals surface area contributed by atoms with E-state index >= 15 is 0 Å². The predicted octanol–water partition coefficient (Wildman–Crippen LogP) is 2.50. The molecular formula is C25H26N8O3. The highest BCUT2D eigenvalue weighted by Gasteiger charge is 2.41. The van der Waals surface area contributed by atoms with Crippen molar-refractivity contribution in [1.29, 1.82) is 0 Å². The number of aliphatic hydroxyl groups is 1. The van der Waals surface area contributed by atoms with E-state index in [1.807, 2.05) is 37.3 Å². The Morgan fingerprint density at radius 1 is 1.11 bits per heavy atom. The van der Waals surface area contributed by atoms with Gasteiger partial charge >= 0.3 is 0 Å². The van der Waals surface area contributed by atoms with E-state index < -0.39 is 5.54 Å². The van der Waals surface area contributed by atoms with E-state index in [-0.39, 0.29) is 24.0 Å². The normalized spacial score (nSPS) is 19.9. The zero-order chi connectivity index (χ0) is 24.9. The van der Waals surface area contributed by atoms with Crippen LogP contribution in [-0.2, 0) is 10.3 Å². The minimum absolute atomic E-state index is 0.0251. The number of furan rings is 1. The van der Waals surface area contributed by atoms with Crippen molar-refractivity contribution in [1.82, 2.24) is 34.7 Å². The van der Waals surface area contributed by atoms with Crippen molar-refractivity contribution in [3.05, 3.63) is 60.5 Å². The minimum atomic E-state index is -1.22. The maximum atomic E-state index is 13.9. The largest absolute Gasteiger partial charge is 0.461 e. The van der Waals surface area contributed by atoms with Crippen molar-refractivity contribution >= 4 is 28.5 Å². The summed E-state index contributed by atoms with van der Waals surface area (Å²) >= 11 is 0. The van der Waals surface area contributed by atoms with E-state index in [4.69, 9.17) is 10.2 Å². The Balaban J connectivity index is 1.48. The van der Waals surface area contributed by atoms with E-state index in [9.17, 15) is 9.90 Å². The number of carbonyl (C=O) groups excluding carboxylic acids is 1. The zero-order valence-electron chi connectivity index (χ0n) is 19.7. The fraction of sp³-hybridized carbons (Fsp3) is 0.320. The van der Waals surface area contributed by atoms with Gasteiger partial charge in [0.25, 0.3) is 5.91 Å². The number of fused-ring (bicyclic) bond motifs is 3. The summed E-state index contributed by atoms with van der Waals surface area (Å²) in [5, 5.41) is 22.7. The number of hydrogen-bond acceptors (Lipinski definition) is 8. The lowest BCUT2D eigenvalue weighted by Crippen LogP contribution is -2.52. The molecule has 36 heavy (non-hydrogen) atoms. The van der Waals surface area contributed by atoms with Crippen LogP contribution < -0.4 is 11.1 Å². The average Bonchev–Trinajstić information content (AvgIpc) is 3.65. The summed E-state index contributed by atoms with van der Waals surface area (Å²) in [6, 6.07) is 13.0. The smallest absolute Gasteiger partial charge is 0.252 e. The topological polar surface area (TPSA) is 149 Å². The van der Waals surface area contributed by atoms with Crippen LogP contribution in [0.15, 0.2) is 59.3 Å². The van der Waals surface area contributed by atoms with Crippen LogP contribution in [0.25, 0.3) is 28.3 Å². The van der Waals surface area contributed by atoms with Crippen molar-refractivity contribution in [3.63, 3.8) is 0 Å². The summed E-state index contributed by atoms with van der Waals surface area (Å²) in [6.07, 6.45) is 5.64. The van der Waals surface area contributed by atoms with Crippen LogP contribution in [0.5, 0.6) is 0 Å². The molecule has 11 heteroatoms. The van der Waals surface area contributed by atoms with Crippen molar-refractivity contribution in [2.45, 2.75) is 50.3 Å². The molecule has 1 aliphatic rings. The predicted molar refractivity (Wildman–Crippen MR) is 132 cm³/mol. The number of hydrogen-bond donors (Lipinski definition) is 3. The van der Waals surface area contributed by atoms with Gasteiger partial charge in [0.2, 0.25) is 11.8 Å². The molecule has 0 aliphatic heterocycles. The van der Waals surface area contributed by atoms with Gasteiger partial charge in [-0.3, -0.25) is 4.79 Å². The summed E-state index contributed by atoms with van der Waals surface area (Å²) in [7, 11) is 0. The zero-order valence-corrected chi connectivity index (χ0v) is 19.7. The molecule has 0 saturated heterocycles. The highest BCUT2D eigenvalue weighted by atomic mass is 16.3. The lowest BCUT2D eigenvalue weighted by Gasteiger charge is -2.33. The molecule has 11 nitrogen and oxygen atoms in total. The number of nitrogen functional groups attached to an aromatic ring is 1. The maximum Gasteiger partial charge on any atom is 0.252 e. The van der Waals surface area contributed by atoms with Gasteiger partial charge in [0.15, 0.2) is 22.6 Å². The Morgan fingerprint density at radius 2 is 1.89 bits per heavy atom. The number of aliphatic hydroxyl groups excluding tert-OH is 1. The Bertz CT molecular complexity index is 1530. The van der Waals surface area contributed by atoms with Gasteiger partial charge in [0, 0.05) is 6.04 Å². The summed E-state index contributed by atoms with van der Waals surface area (Å²) in [5.74, 6) is 0.779. The third-order valence-electron chi connectivity index (χ3n) is 7.00. The van der Waals surface area contributed by atoms with E-state index in [0.29, 0.717) is 41.1 Å². The first-order chi connectivity index (χ1) is 17.4. The van der Waals surface area contributed by atoms with Crippen LogP contribution in [0.4, 0.5) is 5.95 Å². The molecule has 6 rings (SSSR count). The number of carbonyl (C=O) groups is 1. The molecule has 1 atom stereocenters. The Kier molecular flexibility index (Phi) is 5.22. The van der Waals surface area contributed by atoms with Gasteiger partial charge in [0.1, 0.15) is 0 Å². The van der Waals surface area contributed by atoms with E-state index in [0.717, 1.165) is 18.4 Å². The van der Waals surface area contributed by atoms with Crippen molar-refractivity contribution in [2.75, 3.05) is 5.73 Å². The van der Waals surface area contributed by atoms with Crippen LogP contribution in [0.1, 0.15) is 38.2 Å². The molecule has 1 saturated carbocycles. The molecule has 1 fully saturated rings. The van der Waals surface area contributed by atoms with Gasteiger partial charge in [0.05, 0.1) is 24.0 Å². The van der Waals surface area contributed by atoms with Crippen molar-refractivity contribution in [3.8, 4) is 11.6 Å². The van der Waals surface area contributed by atoms with Crippen LogP contribution in [0, 0.1) is 0 Å². The molecule has 0 radical (unpaired) electrons. The summed E-state index contributed by atoms with van der Waals surface area (Å²) < 4.78 is 8.48. The number of anilines is 1. The Labute approximate surface area is 205 Å². The van der Waals surface area contributed by atoms with Crippen LogP contribution in [0.2, 0.25) is 0 Å². The lowest BCUT2D eigenvalue weighted by atomic mass is 9.88. The second-order valence-corrected chi connectivity index (χ2v) is 9.33. The molecule has 184 valence electrons. The highest BCUT2D eigenvalue weighted by molar-refractivity contribution is 5.94. The first-order valence-corrected chi connectivity index (χ1v) is 11.9. The third-order valence-corrected chi connectivity index (χ3v) is 7.00. The second-order valence-electron chi connectivity index (χ2n) is 9.33. The molecule has 0 bridgehead atoms. The molecule has 4 aromatic heterocycles. The van der Waals surface area contributed by atoms with E-state index in [1.54, 1.807) is 29.3 Å². The van der Waals surface area contributed by atoms with E-state index in [2.05, 4.69) is 25.5 Å². The van der Waals surface area contributed by atoms with Crippen LogP contribution >= 0.6 is 0 Å². The third kappa shape index (κ3) is 3.51. The van der Waals surface area contributed by atoms with Crippen molar-refractivity contribution in [2.24, 2.45) is 0 Å². The number of nitrogens with one attached hydrogen (secondary N) is 1. The van der Waals surface area contributed by atoms with E-state index in [1.165, 1.54) is 4.52 Å². The van der Waals surface area contributed by atoms with Crippen LogP contribution in [-0.4, -0.2) is 52.5 Å². The summed E-state index contributed by atoms with van der Waals surface area (Å²) in [6.45, 7) is 1.82. The first-order valence-electron chi connectivity index (χ1n) is 11.9. The van der Waals surface area contributed by atoms with Gasteiger partial charge in [-0.15, -0.1) is 5.10 Å². The molecule has 0 spiro atoms. The minimum Gasteiger partial charge on any atom is -0.461 e. The van der Waals surface area contributed by atoms with Crippen LogP contribution in [0.3, 0.4) is 0 Å². The van der Waals surface area contributed by atoms with Gasteiger partial charge in [-0.05, 0) is 50.3 Å². The standard InChI is InChI=1S/C25H26N8O3/c1-25(15-6-3-2-4-7-15,23(35)28-16-9-11-17(34)12-10-16)33-22-18(14-27-33)21-29-20(19-8-5-13-36-19)31-32(21)24(26)30-22/h2-8,13-14,16-17,34H,9-12H2,1H3,(H2,26,30)(H,28,35)/t16?,17?,25-/m1/s1. The maximum absolute atomic E-state index is 13.9. The van der Waals surface area contributed by atoms with Gasteiger partial charge in [-0.25, -0.2) is 9.67 Å². The van der Waals surface area contributed by atoms with Gasteiger partial charge in [-0.1, -0.05) is 30.3 Å². The molecule has 1 aromatic carbocycles. The average molecular weight is 487 g/mol. The Hall–Kier alpha value is -4.25. The molecule has 5 aromatic rings. The number of nitrogens with two attached hydrogens (primary N) is 1. The molecule has 1 aliphatic carbocycles. The monoisotopic (exact) mass is 486 g/mol. The summed E-state index contributed by atoms with van der Waals surface area (Å²) in [4.78, 5) is 23.1. The van der Waals surface area contributed by atoms with Gasteiger partial charge < -0.3 is 20.6 Å². The number of nitrogens with zero attached hydrogens (tertiary/aromatic N) is 6. The molecular weight excluding hydrogens is 460 g/mol. The molecule has 4 heterocycles. The summed E-state index contributed by atoms with van der Waals surface area (Å²) in [5.41, 5.74) is 6.70. The number of rotatable bonds is 5. The van der Waals surface area contributed by atoms with Gasteiger partial charge in [-0.2, -0.15) is 14.6 Å². The number of amides is 1. The quantitative estimate of drug-likeness (QED) is 0.343. The Morgan fingerprint density at radius 3 is 2.61 bits per heavy atom. The van der Waals surface area contributed by atoms with Crippen molar-refractivity contribution < 1.29 is 14.3 Å². The molecule has 4 N–H and O–H groups in total. The lowest BCUT2D eigenvalue weighted by molar-refractivity contribution is -0.128. The molecule has 1 amide bonds. The SMILES string of the molecule is C[C@](C(=O)NC1CCC(O)CC1)(c1ccccc1)n1ncc2c1nc(N)n1nc(-c3ccco3)nc21. The first kappa shape index (κ1) is 22.2. The molecule has 0 unspecified atom stereocenters. The number of aromatic nitrogens is 6. The fourth-order valence-corrected chi connectivity index (χ4v) is 4.91. The fourth-order valence-electron chi connectivity index (χ4n) is 4.91.